The van der Waals surface area contributed by atoms with Crippen LogP contribution in [0.15, 0.2) is 42.5 Å². The van der Waals surface area contributed by atoms with E-state index >= 15 is 0 Å². The second kappa shape index (κ2) is 7.59. The molecule has 0 aliphatic rings. The molecule has 0 bridgehead atoms. The van der Waals surface area contributed by atoms with Crippen LogP contribution < -0.4 is 10.1 Å². The first-order valence-corrected chi connectivity index (χ1v) is 7.87. The smallest absolute Gasteiger partial charge is 0.416 e. The average molecular weight is 351 g/mol. The molecule has 134 valence electrons. The predicted molar refractivity (Wildman–Crippen MR) is 90.8 cm³/mol. The summed E-state index contributed by atoms with van der Waals surface area (Å²) in [6, 6.07) is 10.2. The monoisotopic (exact) mass is 351 g/mol. The Hall–Kier alpha value is -2.50. The number of benzene rings is 2. The van der Waals surface area contributed by atoms with E-state index in [1.165, 1.54) is 12.1 Å². The number of ether oxygens (including phenoxy) is 1. The minimum Gasteiger partial charge on any atom is -0.483 e. The Morgan fingerprint density at radius 2 is 1.88 bits per heavy atom. The zero-order chi connectivity index (χ0) is 18.6. The number of amides is 1. The van der Waals surface area contributed by atoms with Crippen LogP contribution in [0.1, 0.15) is 36.5 Å². The van der Waals surface area contributed by atoms with Crippen molar-refractivity contribution in [2.24, 2.45) is 0 Å². The van der Waals surface area contributed by atoms with Crippen molar-refractivity contribution in [3.63, 3.8) is 0 Å². The summed E-state index contributed by atoms with van der Waals surface area (Å²) in [7, 11) is 0. The predicted octanol–water partition coefficient (Wildman–Crippen LogP) is 5.15. The van der Waals surface area contributed by atoms with Crippen LogP contribution in [0, 0.1) is 6.92 Å². The van der Waals surface area contributed by atoms with E-state index in [2.05, 4.69) is 5.32 Å². The molecular formula is C19H20F3NO2. The summed E-state index contributed by atoms with van der Waals surface area (Å²) in [5.74, 6) is 0.312. The Balaban J connectivity index is 2.04. The SMILES string of the molecule is Cc1ccc(C(C)C)c(OCC(=O)Nc2cccc(C(F)(F)F)c2)c1. The van der Waals surface area contributed by atoms with E-state index in [1.54, 1.807) is 0 Å². The molecular weight excluding hydrogens is 331 g/mol. The molecule has 0 aromatic heterocycles. The number of halogens is 3. The lowest BCUT2D eigenvalue weighted by molar-refractivity contribution is -0.137. The zero-order valence-corrected chi connectivity index (χ0v) is 14.3. The molecule has 0 saturated carbocycles. The van der Waals surface area contributed by atoms with Gasteiger partial charge < -0.3 is 10.1 Å². The number of aryl methyl sites for hydroxylation is 1. The van der Waals surface area contributed by atoms with Crippen LogP contribution in [-0.4, -0.2) is 12.5 Å². The first kappa shape index (κ1) is 18.8. The molecule has 0 heterocycles. The summed E-state index contributed by atoms with van der Waals surface area (Å²) in [6.07, 6.45) is -4.45. The number of hydrogen-bond acceptors (Lipinski definition) is 2. The van der Waals surface area contributed by atoms with E-state index in [0.29, 0.717) is 5.75 Å². The van der Waals surface area contributed by atoms with Crippen LogP contribution in [0.25, 0.3) is 0 Å². The highest BCUT2D eigenvalue weighted by atomic mass is 19.4. The normalized spacial score (nSPS) is 11.5. The summed E-state index contributed by atoms with van der Waals surface area (Å²) in [6.45, 7) is 5.67. The maximum absolute atomic E-state index is 12.7. The lowest BCUT2D eigenvalue weighted by Gasteiger charge is -2.15. The Kier molecular flexibility index (Phi) is 5.72. The molecule has 1 N–H and O–H groups in total. The minimum absolute atomic E-state index is 0.0803. The molecule has 0 fully saturated rings. The second-order valence-corrected chi connectivity index (χ2v) is 6.11. The van der Waals surface area contributed by atoms with E-state index in [0.717, 1.165) is 23.3 Å². The van der Waals surface area contributed by atoms with E-state index in [4.69, 9.17) is 4.74 Å². The van der Waals surface area contributed by atoms with Gasteiger partial charge in [-0.1, -0.05) is 32.0 Å². The molecule has 0 spiro atoms. The van der Waals surface area contributed by atoms with E-state index in [-0.39, 0.29) is 18.2 Å². The molecule has 2 aromatic rings. The minimum atomic E-state index is -4.45. The molecule has 25 heavy (non-hydrogen) atoms. The van der Waals surface area contributed by atoms with Gasteiger partial charge >= 0.3 is 6.18 Å². The summed E-state index contributed by atoms with van der Waals surface area (Å²) >= 11 is 0. The van der Waals surface area contributed by atoms with Crippen molar-refractivity contribution >= 4 is 11.6 Å². The molecule has 0 saturated heterocycles. The Bertz CT molecular complexity index is 755. The van der Waals surface area contributed by atoms with Crippen LogP contribution >= 0.6 is 0 Å². The Morgan fingerprint density at radius 3 is 2.52 bits per heavy atom. The van der Waals surface area contributed by atoms with Crippen molar-refractivity contribution in [3.05, 3.63) is 59.2 Å². The second-order valence-electron chi connectivity index (χ2n) is 6.11. The zero-order valence-electron chi connectivity index (χ0n) is 14.3. The first-order chi connectivity index (χ1) is 11.7. The number of carbonyl (C=O) groups excluding carboxylic acids is 1. The quantitative estimate of drug-likeness (QED) is 0.808. The van der Waals surface area contributed by atoms with Crippen LogP contribution in [0.4, 0.5) is 18.9 Å². The third-order valence-corrected chi connectivity index (χ3v) is 3.62. The number of rotatable bonds is 5. The standard InChI is InChI=1S/C19H20F3NO2/c1-12(2)16-8-7-13(3)9-17(16)25-11-18(24)23-15-6-4-5-14(10-15)19(20,21)22/h4-10,12H,11H2,1-3H3,(H,23,24). The van der Waals surface area contributed by atoms with Gasteiger partial charge in [0.2, 0.25) is 0 Å². The fourth-order valence-electron chi connectivity index (χ4n) is 2.36. The van der Waals surface area contributed by atoms with Crippen molar-refractivity contribution in [1.82, 2.24) is 0 Å². The Morgan fingerprint density at radius 1 is 1.16 bits per heavy atom. The highest BCUT2D eigenvalue weighted by Gasteiger charge is 2.30. The maximum atomic E-state index is 12.7. The summed E-state index contributed by atoms with van der Waals surface area (Å²) in [5.41, 5.74) is 1.24. The van der Waals surface area contributed by atoms with Gasteiger partial charge in [-0.2, -0.15) is 13.2 Å². The maximum Gasteiger partial charge on any atom is 0.416 e. The van der Waals surface area contributed by atoms with E-state index in [1.807, 2.05) is 39.0 Å². The van der Waals surface area contributed by atoms with Crippen molar-refractivity contribution in [2.75, 3.05) is 11.9 Å². The lowest BCUT2D eigenvalue weighted by Crippen LogP contribution is -2.21. The van der Waals surface area contributed by atoms with Gasteiger partial charge in [0.25, 0.3) is 5.91 Å². The molecule has 2 aromatic carbocycles. The van der Waals surface area contributed by atoms with Gasteiger partial charge in [-0.15, -0.1) is 0 Å². The summed E-state index contributed by atoms with van der Waals surface area (Å²) in [5, 5.41) is 2.42. The van der Waals surface area contributed by atoms with Crippen LogP contribution in [0.3, 0.4) is 0 Å². The number of nitrogens with one attached hydrogen (secondary N) is 1. The van der Waals surface area contributed by atoms with E-state index in [9.17, 15) is 18.0 Å². The molecule has 0 atom stereocenters. The van der Waals surface area contributed by atoms with Gasteiger partial charge in [-0.25, -0.2) is 0 Å². The van der Waals surface area contributed by atoms with Gasteiger partial charge in [-0.05, 0) is 48.2 Å². The van der Waals surface area contributed by atoms with Gasteiger partial charge in [-0.3, -0.25) is 4.79 Å². The molecule has 0 radical (unpaired) electrons. The summed E-state index contributed by atoms with van der Waals surface area (Å²) < 4.78 is 43.7. The fourth-order valence-corrected chi connectivity index (χ4v) is 2.36. The lowest BCUT2D eigenvalue weighted by atomic mass is 10.0. The number of hydrogen-bond donors (Lipinski definition) is 1. The van der Waals surface area contributed by atoms with Crippen molar-refractivity contribution in [2.45, 2.75) is 32.9 Å². The van der Waals surface area contributed by atoms with Crippen molar-refractivity contribution < 1.29 is 22.7 Å². The van der Waals surface area contributed by atoms with Crippen LogP contribution in [0.2, 0.25) is 0 Å². The van der Waals surface area contributed by atoms with Gasteiger partial charge in [0.05, 0.1) is 5.56 Å². The number of anilines is 1. The topological polar surface area (TPSA) is 38.3 Å². The molecule has 2 rings (SSSR count). The Labute approximate surface area is 144 Å². The molecule has 3 nitrogen and oxygen atoms in total. The third-order valence-electron chi connectivity index (χ3n) is 3.62. The van der Waals surface area contributed by atoms with Gasteiger partial charge in [0, 0.05) is 5.69 Å². The van der Waals surface area contributed by atoms with Gasteiger partial charge in [0.1, 0.15) is 5.75 Å². The molecule has 1 amide bonds. The largest absolute Gasteiger partial charge is 0.483 e. The highest BCUT2D eigenvalue weighted by Crippen LogP contribution is 2.31. The number of carbonyl (C=O) groups is 1. The molecule has 0 aliphatic heterocycles. The summed E-state index contributed by atoms with van der Waals surface area (Å²) in [4.78, 5) is 12.0. The molecule has 6 heteroatoms. The van der Waals surface area contributed by atoms with Crippen LogP contribution in [-0.2, 0) is 11.0 Å². The van der Waals surface area contributed by atoms with E-state index < -0.39 is 17.6 Å². The average Bonchev–Trinajstić information content (AvgIpc) is 2.52. The first-order valence-electron chi connectivity index (χ1n) is 7.87. The highest BCUT2D eigenvalue weighted by molar-refractivity contribution is 5.92. The fraction of sp³-hybridized carbons (Fsp3) is 0.316. The molecule has 0 aliphatic carbocycles. The third kappa shape index (κ3) is 5.24. The number of alkyl halides is 3. The molecule has 0 unspecified atom stereocenters. The van der Waals surface area contributed by atoms with Crippen molar-refractivity contribution in [1.29, 1.82) is 0 Å². The van der Waals surface area contributed by atoms with Crippen LogP contribution in [0.5, 0.6) is 5.75 Å². The van der Waals surface area contributed by atoms with Crippen molar-refractivity contribution in [3.8, 4) is 5.75 Å². The van der Waals surface area contributed by atoms with Gasteiger partial charge in [0.15, 0.2) is 6.61 Å².